The lowest BCUT2D eigenvalue weighted by Crippen LogP contribution is -2.51. The number of benzene rings is 1. The minimum absolute atomic E-state index is 0.00955. The third-order valence-corrected chi connectivity index (χ3v) is 6.70. The van der Waals surface area contributed by atoms with Crippen LogP contribution < -0.4 is 5.73 Å². The summed E-state index contributed by atoms with van der Waals surface area (Å²) < 4.78 is 33.5. The van der Waals surface area contributed by atoms with Crippen LogP contribution >= 0.6 is 0 Å². The van der Waals surface area contributed by atoms with E-state index in [1.54, 1.807) is 16.4 Å². The predicted octanol–water partition coefficient (Wildman–Crippen LogP) is 1.40. The molecule has 1 heterocycles. The van der Waals surface area contributed by atoms with Gasteiger partial charge in [0.2, 0.25) is 10.0 Å². The Balaban J connectivity index is 2.00. The van der Waals surface area contributed by atoms with Gasteiger partial charge in [-0.05, 0) is 43.4 Å². The van der Waals surface area contributed by atoms with E-state index < -0.39 is 10.0 Å². The Morgan fingerprint density at radius 2 is 2.19 bits per heavy atom. The van der Waals surface area contributed by atoms with Crippen molar-refractivity contribution in [1.82, 2.24) is 4.31 Å². The Bertz CT molecular complexity index is 630. The maximum absolute atomic E-state index is 13.0. The Labute approximate surface area is 126 Å². The van der Waals surface area contributed by atoms with E-state index in [0.29, 0.717) is 24.6 Å². The van der Waals surface area contributed by atoms with Crippen molar-refractivity contribution in [2.24, 2.45) is 5.73 Å². The summed E-state index contributed by atoms with van der Waals surface area (Å²) in [5, 5.41) is 0. The van der Waals surface area contributed by atoms with Gasteiger partial charge < -0.3 is 10.5 Å². The van der Waals surface area contributed by atoms with Gasteiger partial charge in [-0.1, -0.05) is 12.1 Å². The van der Waals surface area contributed by atoms with Gasteiger partial charge in [0.15, 0.2) is 0 Å². The average Bonchev–Trinajstić information content (AvgIpc) is 2.95. The van der Waals surface area contributed by atoms with Crippen molar-refractivity contribution in [1.29, 1.82) is 0 Å². The van der Waals surface area contributed by atoms with E-state index in [1.807, 2.05) is 13.0 Å². The molecule has 1 saturated heterocycles. The molecule has 6 heteroatoms. The lowest BCUT2D eigenvalue weighted by atomic mass is 10.1. The van der Waals surface area contributed by atoms with E-state index in [1.165, 1.54) is 0 Å². The Hall–Kier alpha value is -0.950. The minimum atomic E-state index is -3.48. The van der Waals surface area contributed by atoms with Crippen LogP contribution in [0.15, 0.2) is 23.1 Å². The molecule has 2 fully saturated rings. The van der Waals surface area contributed by atoms with Gasteiger partial charge in [-0.3, -0.25) is 0 Å². The first kappa shape index (κ1) is 15.0. The fourth-order valence-corrected chi connectivity index (χ4v) is 5.41. The number of rotatable bonds is 3. The van der Waals surface area contributed by atoms with E-state index in [4.69, 9.17) is 10.5 Å². The Morgan fingerprint density at radius 3 is 2.95 bits per heavy atom. The number of nitrogens with zero attached hydrogens (tertiary/aromatic N) is 1. The molecule has 1 aromatic rings. The highest BCUT2D eigenvalue weighted by atomic mass is 32.2. The van der Waals surface area contributed by atoms with Gasteiger partial charge in [-0.2, -0.15) is 4.31 Å². The number of ether oxygens (including phenoxy) is 1. The van der Waals surface area contributed by atoms with Crippen molar-refractivity contribution in [2.45, 2.75) is 49.8 Å². The molecule has 0 amide bonds. The van der Waals surface area contributed by atoms with Crippen molar-refractivity contribution in [3.8, 4) is 0 Å². The largest absolute Gasteiger partial charge is 0.375 e. The second kappa shape index (κ2) is 5.68. The van der Waals surface area contributed by atoms with Gasteiger partial charge >= 0.3 is 0 Å². The molecular formula is C15H22N2O3S. The van der Waals surface area contributed by atoms with Crippen LogP contribution in [0.3, 0.4) is 0 Å². The number of hydrogen-bond donors (Lipinski definition) is 1. The van der Waals surface area contributed by atoms with E-state index in [2.05, 4.69) is 0 Å². The highest BCUT2D eigenvalue weighted by Gasteiger charge is 2.42. The minimum Gasteiger partial charge on any atom is -0.375 e. The summed E-state index contributed by atoms with van der Waals surface area (Å²) in [6, 6.07) is 5.33. The van der Waals surface area contributed by atoms with Crippen LogP contribution in [0.1, 0.15) is 30.4 Å². The molecule has 2 N–H and O–H groups in total. The van der Waals surface area contributed by atoms with Crippen molar-refractivity contribution in [3.05, 3.63) is 29.3 Å². The van der Waals surface area contributed by atoms with Crippen LogP contribution in [0.2, 0.25) is 0 Å². The summed E-state index contributed by atoms with van der Waals surface area (Å²) in [6.45, 7) is 3.11. The molecule has 1 aliphatic heterocycles. The van der Waals surface area contributed by atoms with Crippen LogP contribution in [0, 0.1) is 6.92 Å². The average molecular weight is 310 g/mol. The first-order valence-corrected chi connectivity index (χ1v) is 8.91. The first-order chi connectivity index (χ1) is 10.1. The van der Waals surface area contributed by atoms with Crippen molar-refractivity contribution in [2.75, 3.05) is 13.2 Å². The van der Waals surface area contributed by atoms with Gasteiger partial charge in [0.05, 0.1) is 23.6 Å². The molecular weight excluding hydrogens is 288 g/mol. The monoisotopic (exact) mass is 310 g/mol. The molecule has 0 bridgehead atoms. The molecule has 1 saturated carbocycles. The molecule has 0 spiro atoms. The maximum Gasteiger partial charge on any atom is 0.243 e. The topological polar surface area (TPSA) is 72.6 Å². The summed E-state index contributed by atoms with van der Waals surface area (Å²) in [4.78, 5) is 0.387. The van der Waals surface area contributed by atoms with Crippen LogP contribution in [0.5, 0.6) is 0 Å². The van der Waals surface area contributed by atoms with E-state index >= 15 is 0 Å². The van der Waals surface area contributed by atoms with E-state index in [0.717, 1.165) is 30.4 Å². The lowest BCUT2D eigenvalue weighted by molar-refractivity contribution is -0.0241. The third kappa shape index (κ3) is 2.50. The van der Waals surface area contributed by atoms with Crippen LogP contribution in [0.25, 0.3) is 0 Å². The summed E-state index contributed by atoms with van der Waals surface area (Å²) >= 11 is 0. The zero-order valence-corrected chi connectivity index (χ0v) is 13.1. The molecule has 116 valence electrons. The number of hydrogen-bond acceptors (Lipinski definition) is 4. The number of morpholine rings is 1. The quantitative estimate of drug-likeness (QED) is 0.916. The van der Waals surface area contributed by atoms with Gasteiger partial charge in [0.25, 0.3) is 0 Å². The molecule has 1 aliphatic carbocycles. The summed E-state index contributed by atoms with van der Waals surface area (Å²) in [5.41, 5.74) is 7.34. The van der Waals surface area contributed by atoms with Crippen LogP contribution in [0.4, 0.5) is 0 Å². The zero-order chi connectivity index (χ0) is 15.0. The van der Waals surface area contributed by atoms with Gasteiger partial charge in [0.1, 0.15) is 0 Å². The molecule has 5 nitrogen and oxygen atoms in total. The highest BCUT2D eigenvalue weighted by Crippen LogP contribution is 2.34. The molecule has 3 rings (SSSR count). The second-order valence-electron chi connectivity index (χ2n) is 5.77. The van der Waals surface area contributed by atoms with Crippen molar-refractivity contribution >= 4 is 10.0 Å². The van der Waals surface area contributed by atoms with Crippen LogP contribution in [-0.2, 0) is 21.3 Å². The molecule has 1 aromatic carbocycles. The molecule has 0 aromatic heterocycles. The fraction of sp³-hybridized carbons (Fsp3) is 0.600. The molecule has 2 aliphatic rings. The molecule has 2 atom stereocenters. The fourth-order valence-electron chi connectivity index (χ4n) is 3.48. The second-order valence-corrected chi connectivity index (χ2v) is 7.63. The smallest absolute Gasteiger partial charge is 0.243 e. The van der Waals surface area contributed by atoms with E-state index in [-0.39, 0.29) is 12.1 Å². The standard InChI is InChI=1S/C15H22N2O3S/c1-11-12(10-16)4-2-7-15(11)21(18,19)17-8-9-20-14-6-3-5-13(14)17/h2,4,7,13-14H,3,5-6,8-10,16H2,1H3. The summed E-state index contributed by atoms with van der Waals surface area (Å²) in [7, 11) is -3.48. The lowest BCUT2D eigenvalue weighted by Gasteiger charge is -2.37. The number of fused-ring (bicyclic) bond motifs is 1. The predicted molar refractivity (Wildman–Crippen MR) is 80.3 cm³/mol. The number of nitrogens with two attached hydrogens (primary N) is 1. The Kier molecular flexibility index (Phi) is 4.05. The third-order valence-electron chi connectivity index (χ3n) is 4.63. The molecule has 2 unspecified atom stereocenters. The molecule has 21 heavy (non-hydrogen) atoms. The van der Waals surface area contributed by atoms with Crippen molar-refractivity contribution < 1.29 is 13.2 Å². The number of sulfonamides is 1. The summed E-state index contributed by atoms with van der Waals surface area (Å²) in [6.07, 6.45) is 2.94. The van der Waals surface area contributed by atoms with Crippen molar-refractivity contribution in [3.63, 3.8) is 0 Å². The summed E-state index contributed by atoms with van der Waals surface area (Å²) in [5.74, 6) is 0. The maximum atomic E-state index is 13.0. The first-order valence-electron chi connectivity index (χ1n) is 7.47. The Morgan fingerprint density at radius 1 is 1.38 bits per heavy atom. The highest BCUT2D eigenvalue weighted by molar-refractivity contribution is 7.89. The van der Waals surface area contributed by atoms with Crippen LogP contribution in [-0.4, -0.2) is 38.0 Å². The SMILES string of the molecule is Cc1c(CN)cccc1S(=O)(=O)N1CCOC2CCCC21. The van der Waals surface area contributed by atoms with Gasteiger partial charge in [-0.25, -0.2) is 8.42 Å². The zero-order valence-electron chi connectivity index (χ0n) is 12.3. The van der Waals surface area contributed by atoms with E-state index in [9.17, 15) is 8.42 Å². The van der Waals surface area contributed by atoms with Gasteiger partial charge in [-0.15, -0.1) is 0 Å². The normalized spacial score (nSPS) is 26.8. The van der Waals surface area contributed by atoms with Gasteiger partial charge in [0, 0.05) is 13.1 Å². The molecule has 0 radical (unpaired) electrons.